The highest BCUT2D eigenvalue weighted by molar-refractivity contribution is 7.80. The lowest BCUT2D eigenvalue weighted by Crippen LogP contribution is -2.34. The summed E-state index contributed by atoms with van der Waals surface area (Å²) in [6.45, 7) is 2.19. The number of nitrogens with one attached hydrogen (secondary N) is 2. The number of thiocarbonyl (C=S) groups is 1. The van der Waals surface area contributed by atoms with Crippen molar-refractivity contribution < 1.29 is 14.3 Å². The Labute approximate surface area is 167 Å². The molecule has 1 atom stereocenters. The first-order valence-corrected chi connectivity index (χ1v) is 9.82. The zero-order valence-electron chi connectivity index (χ0n) is 15.1. The van der Waals surface area contributed by atoms with E-state index in [1.165, 1.54) is 11.3 Å². The van der Waals surface area contributed by atoms with E-state index in [0.29, 0.717) is 27.8 Å². The Balaban J connectivity index is 1.73. The van der Waals surface area contributed by atoms with Gasteiger partial charge in [-0.3, -0.25) is 14.9 Å². The van der Waals surface area contributed by atoms with E-state index in [4.69, 9.17) is 22.7 Å². The summed E-state index contributed by atoms with van der Waals surface area (Å²) in [6.07, 6.45) is 2.78. The van der Waals surface area contributed by atoms with E-state index in [0.717, 1.165) is 29.7 Å². The van der Waals surface area contributed by atoms with Crippen molar-refractivity contribution in [2.75, 3.05) is 12.4 Å². The number of amides is 2. The molecule has 1 aliphatic rings. The zero-order valence-corrected chi connectivity index (χ0v) is 16.8. The van der Waals surface area contributed by atoms with Gasteiger partial charge in [-0.1, -0.05) is 6.92 Å². The zero-order chi connectivity index (χ0) is 19.6. The van der Waals surface area contributed by atoms with Crippen molar-refractivity contribution in [3.63, 3.8) is 0 Å². The van der Waals surface area contributed by atoms with Crippen molar-refractivity contribution in [2.24, 2.45) is 11.7 Å². The number of anilines is 1. The van der Waals surface area contributed by atoms with Crippen molar-refractivity contribution in [3.8, 4) is 5.75 Å². The molecule has 27 heavy (non-hydrogen) atoms. The fraction of sp³-hybridized carbons (Fsp3) is 0.316. The average Bonchev–Trinajstić information content (AvgIpc) is 2.98. The second-order valence-electron chi connectivity index (χ2n) is 6.56. The molecule has 0 saturated heterocycles. The van der Waals surface area contributed by atoms with E-state index in [2.05, 4.69) is 17.6 Å². The Kier molecular flexibility index (Phi) is 5.76. The second-order valence-corrected chi connectivity index (χ2v) is 8.07. The molecule has 142 valence electrons. The van der Waals surface area contributed by atoms with Gasteiger partial charge in [0.2, 0.25) is 0 Å². The Hall–Kier alpha value is -2.45. The molecule has 0 spiro atoms. The topological polar surface area (TPSA) is 93.4 Å². The van der Waals surface area contributed by atoms with Crippen LogP contribution in [0.3, 0.4) is 0 Å². The summed E-state index contributed by atoms with van der Waals surface area (Å²) in [5.41, 5.74) is 7.55. The number of hydrogen-bond acceptors (Lipinski definition) is 5. The van der Waals surface area contributed by atoms with E-state index in [-0.39, 0.29) is 11.0 Å². The van der Waals surface area contributed by atoms with E-state index in [1.807, 2.05) is 0 Å². The maximum absolute atomic E-state index is 12.3. The summed E-state index contributed by atoms with van der Waals surface area (Å²) in [5, 5.41) is 6.34. The number of carbonyl (C=O) groups excluding carboxylic acids is 2. The molecule has 0 saturated carbocycles. The van der Waals surface area contributed by atoms with Crippen LogP contribution >= 0.6 is 23.6 Å². The molecule has 0 aliphatic heterocycles. The second kappa shape index (κ2) is 8.06. The lowest BCUT2D eigenvalue weighted by molar-refractivity contribution is 0.0975. The quantitative estimate of drug-likeness (QED) is 0.682. The van der Waals surface area contributed by atoms with Crippen LogP contribution in [-0.4, -0.2) is 24.0 Å². The smallest absolute Gasteiger partial charge is 0.257 e. The molecule has 0 fully saturated rings. The highest BCUT2D eigenvalue weighted by atomic mass is 32.1. The lowest BCUT2D eigenvalue weighted by Gasteiger charge is -2.18. The first-order chi connectivity index (χ1) is 12.9. The minimum Gasteiger partial charge on any atom is -0.497 e. The molecule has 1 aromatic heterocycles. The maximum atomic E-state index is 12.3. The Bertz CT molecular complexity index is 890. The van der Waals surface area contributed by atoms with Crippen molar-refractivity contribution in [3.05, 3.63) is 45.8 Å². The van der Waals surface area contributed by atoms with Crippen molar-refractivity contribution in [2.45, 2.75) is 26.2 Å². The number of rotatable bonds is 4. The maximum Gasteiger partial charge on any atom is 0.257 e. The molecule has 6 nitrogen and oxygen atoms in total. The largest absolute Gasteiger partial charge is 0.497 e. The fourth-order valence-corrected chi connectivity index (χ4v) is 4.83. The molecule has 4 N–H and O–H groups in total. The van der Waals surface area contributed by atoms with Crippen molar-refractivity contribution in [1.29, 1.82) is 0 Å². The number of ether oxygens (including phenoxy) is 1. The number of benzene rings is 1. The molecule has 8 heteroatoms. The predicted octanol–water partition coefficient (Wildman–Crippen LogP) is 3.11. The van der Waals surface area contributed by atoms with Gasteiger partial charge in [-0.2, -0.15) is 0 Å². The van der Waals surface area contributed by atoms with Gasteiger partial charge >= 0.3 is 0 Å². The van der Waals surface area contributed by atoms with Crippen LogP contribution < -0.4 is 21.1 Å². The van der Waals surface area contributed by atoms with Crippen molar-refractivity contribution in [1.82, 2.24) is 5.32 Å². The van der Waals surface area contributed by atoms with Gasteiger partial charge in [0.1, 0.15) is 10.8 Å². The molecule has 3 rings (SSSR count). The standard InChI is InChI=1S/C19H21N3O3S2/c1-10-3-8-13-14(9-10)27-18(15(13)16(20)23)22-19(26)21-17(24)11-4-6-12(25-2)7-5-11/h4-7,10H,3,8-9H2,1-2H3,(H2,20,23)(H2,21,22,24,26)/t10-/m1/s1. The summed E-state index contributed by atoms with van der Waals surface area (Å²) >= 11 is 6.74. The number of primary amides is 1. The van der Waals surface area contributed by atoms with E-state index < -0.39 is 5.91 Å². The third kappa shape index (κ3) is 4.28. The predicted molar refractivity (Wildman–Crippen MR) is 111 cm³/mol. The van der Waals surface area contributed by atoms with E-state index in [1.54, 1.807) is 31.4 Å². The monoisotopic (exact) mass is 403 g/mol. The molecule has 0 unspecified atom stereocenters. The molecule has 0 radical (unpaired) electrons. The first-order valence-electron chi connectivity index (χ1n) is 8.59. The summed E-state index contributed by atoms with van der Waals surface area (Å²) in [5.74, 6) is 0.419. The molecule has 1 aliphatic carbocycles. The summed E-state index contributed by atoms with van der Waals surface area (Å²) < 4.78 is 5.08. The van der Waals surface area contributed by atoms with Gasteiger partial charge < -0.3 is 15.8 Å². The molecular formula is C19H21N3O3S2. The normalized spacial score (nSPS) is 15.6. The number of nitrogens with two attached hydrogens (primary N) is 1. The Morgan fingerprint density at radius 3 is 2.63 bits per heavy atom. The summed E-state index contributed by atoms with van der Waals surface area (Å²) in [7, 11) is 1.56. The Morgan fingerprint density at radius 1 is 1.30 bits per heavy atom. The number of thiophene rings is 1. The van der Waals surface area contributed by atoms with Crippen LogP contribution in [0.15, 0.2) is 24.3 Å². The van der Waals surface area contributed by atoms with Crippen LogP contribution in [0.2, 0.25) is 0 Å². The minimum atomic E-state index is -0.478. The van der Waals surface area contributed by atoms with E-state index >= 15 is 0 Å². The van der Waals surface area contributed by atoms with Gasteiger partial charge in [0.15, 0.2) is 5.11 Å². The van der Waals surface area contributed by atoms with Crippen LogP contribution in [0.4, 0.5) is 5.00 Å². The number of hydrogen-bond donors (Lipinski definition) is 3. The lowest BCUT2D eigenvalue weighted by atomic mass is 9.88. The highest BCUT2D eigenvalue weighted by Gasteiger charge is 2.27. The molecule has 2 amide bonds. The SMILES string of the molecule is COc1ccc(C(=O)NC(=S)Nc2sc3c(c2C(N)=O)CC[C@@H](C)C3)cc1. The average molecular weight is 404 g/mol. The van der Waals surface area contributed by atoms with Gasteiger partial charge in [0.05, 0.1) is 12.7 Å². The van der Waals surface area contributed by atoms with Gasteiger partial charge in [0.25, 0.3) is 11.8 Å². The van der Waals surface area contributed by atoms with Gasteiger partial charge in [-0.05, 0) is 67.2 Å². The molecule has 1 aromatic carbocycles. The molecule has 0 bridgehead atoms. The number of methoxy groups -OCH3 is 1. The Morgan fingerprint density at radius 2 is 2.00 bits per heavy atom. The van der Waals surface area contributed by atoms with Gasteiger partial charge in [-0.15, -0.1) is 11.3 Å². The fourth-order valence-electron chi connectivity index (χ4n) is 3.15. The number of fused-ring (bicyclic) bond motifs is 1. The third-order valence-corrected chi connectivity index (χ3v) is 5.94. The van der Waals surface area contributed by atoms with Crippen LogP contribution in [-0.2, 0) is 12.8 Å². The van der Waals surface area contributed by atoms with Crippen molar-refractivity contribution >= 4 is 45.5 Å². The molecule has 1 heterocycles. The van der Waals surface area contributed by atoms with Gasteiger partial charge in [0, 0.05) is 10.4 Å². The van der Waals surface area contributed by atoms with Crippen LogP contribution in [0.1, 0.15) is 44.5 Å². The minimum absolute atomic E-state index is 0.130. The molecule has 2 aromatic rings. The van der Waals surface area contributed by atoms with Crippen LogP contribution in [0.5, 0.6) is 5.75 Å². The summed E-state index contributed by atoms with van der Waals surface area (Å²) in [6, 6.07) is 6.70. The highest BCUT2D eigenvalue weighted by Crippen LogP contribution is 2.39. The third-order valence-electron chi connectivity index (χ3n) is 4.56. The van der Waals surface area contributed by atoms with E-state index in [9.17, 15) is 9.59 Å². The number of carbonyl (C=O) groups is 2. The molecular weight excluding hydrogens is 382 g/mol. The first kappa shape index (κ1) is 19.3. The summed E-state index contributed by atoms with van der Waals surface area (Å²) in [4.78, 5) is 25.5. The van der Waals surface area contributed by atoms with Crippen LogP contribution in [0.25, 0.3) is 0 Å². The van der Waals surface area contributed by atoms with Crippen LogP contribution in [0, 0.1) is 5.92 Å². The van der Waals surface area contributed by atoms with Gasteiger partial charge in [-0.25, -0.2) is 0 Å².